The molecule has 1 aliphatic heterocycles. The largest absolute Gasteiger partial charge is 0.497 e. The molecule has 47 heavy (non-hydrogen) atoms. The second-order valence-electron chi connectivity index (χ2n) is 14.7. The number of aliphatic hydroxyl groups excluding tert-OH is 1. The third kappa shape index (κ3) is 4.00. The molecule has 14 atom stereocenters. The summed E-state index contributed by atoms with van der Waals surface area (Å²) in [6.07, 6.45) is -2.70. The van der Waals surface area contributed by atoms with E-state index in [1.807, 2.05) is 0 Å². The number of fused-ring (bicyclic) bond motifs is 2. The maximum atomic E-state index is 13.9. The SMILES string of the molecule is CCN1C[C@]2(COC)[C@H](O)C[C@H](OC)C34C1C([C@H](OC)[C@@H]32)[C@@]1(OC(C)=O)C[C@H](OC)[C@@]2(O)C[C@@H]4[C@@H]1C2OC(=O)c1ccc(OC)cc1. The predicted molar refractivity (Wildman–Crippen MR) is 166 cm³/mol. The molecule has 5 aliphatic carbocycles. The topological polar surface area (TPSA) is 142 Å². The Balaban J connectivity index is 1.47. The number of piperidine rings is 1. The van der Waals surface area contributed by atoms with Gasteiger partial charge in [-0.05, 0) is 43.1 Å². The highest BCUT2D eigenvalue weighted by molar-refractivity contribution is 5.89. The van der Waals surface area contributed by atoms with Gasteiger partial charge in [0.15, 0.2) is 0 Å². The van der Waals surface area contributed by atoms with E-state index in [-0.39, 0.29) is 30.7 Å². The molecule has 0 aromatic heterocycles. The summed E-state index contributed by atoms with van der Waals surface area (Å²) in [7, 11) is 8.11. The maximum absolute atomic E-state index is 13.9. The van der Waals surface area contributed by atoms with Gasteiger partial charge in [0.1, 0.15) is 23.1 Å². The Morgan fingerprint density at radius 1 is 0.979 bits per heavy atom. The van der Waals surface area contributed by atoms with Crippen molar-refractivity contribution >= 4 is 11.9 Å². The fourth-order valence-corrected chi connectivity index (χ4v) is 12.4. The van der Waals surface area contributed by atoms with Gasteiger partial charge in [-0.15, -0.1) is 0 Å². The number of ether oxygens (including phenoxy) is 7. The molecule has 1 spiro atoms. The van der Waals surface area contributed by atoms with Gasteiger partial charge >= 0.3 is 11.9 Å². The van der Waals surface area contributed by atoms with E-state index in [9.17, 15) is 19.8 Å². The minimum absolute atomic E-state index is 0.179. The number of carbonyl (C=O) groups is 2. The summed E-state index contributed by atoms with van der Waals surface area (Å²) < 4.78 is 43.2. The Labute approximate surface area is 275 Å². The molecule has 1 aromatic rings. The van der Waals surface area contributed by atoms with Crippen molar-refractivity contribution in [3.8, 4) is 5.75 Å². The summed E-state index contributed by atoms with van der Waals surface area (Å²) in [6, 6.07) is 6.44. The third-order valence-electron chi connectivity index (χ3n) is 13.4. The van der Waals surface area contributed by atoms with Crippen LogP contribution in [-0.4, -0.2) is 130 Å². The number of hydrogen-bond acceptors (Lipinski definition) is 12. The van der Waals surface area contributed by atoms with E-state index in [4.69, 9.17) is 33.2 Å². The van der Waals surface area contributed by atoms with E-state index in [1.54, 1.807) is 52.7 Å². The Morgan fingerprint density at radius 3 is 2.26 bits per heavy atom. The third-order valence-corrected chi connectivity index (χ3v) is 13.4. The number of nitrogens with zero attached hydrogens (tertiary/aromatic N) is 1. The smallest absolute Gasteiger partial charge is 0.338 e. The van der Waals surface area contributed by atoms with Crippen molar-refractivity contribution in [3.63, 3.8) is 0 Å². The number of aliphatic hydroxyl groups is 2. The summed E-state index contributed by atoms with van der Waals surface area (Å²) >= 11 is 0. The molecule has 1 aromatic carbocycles. The van der Waals surface area contributed by atoms with E-state index >= 15 is 0 Å². The zero-order chi connectivity index (χ0) is 33.7. The first-order valence-corrected chi connectivity index (χ1v) is 16.7. The van der Waals surface area contributed by atoms with Crippen LogP contribution in [-0.2, 0) is 33.2 Å². The van der Waals surface area contributed by atoms with E-state index in [1.165, 1.54) is 14.0 Å². The van der Waals surface area contributed by atoms with Crippen LogP contribution in [0.5, 0.6) is 5.75 Å². The standard InChI is InChI=1S/C35H49NO11/c1-8-36-16-32(17-41-3)22(38)13-23(43-5)35-21-14-33(40)24(44-6)15-34(47-18(2)37,26(29(35)36)27(45-7)28(32)35)25(21)30(33)46-31(39)19-9-11-20(42-4)12-10-19/h9-12,21-30,38,40H,8,13-17H2,1-7H3/t21-,22-,23+,24+,25-,26?,27+,28-,29?,30?,32+,33+,34-,35?/m1/s1. The highest BCUT2D eigenvalue weighted by Gasteiger charge is 2.90. The molecule has 1 heterocycles. The molecule has 5 saturated carbocycles. The molecule has 6 fully saturated rings. The predicted octanol–water partition coefficient (Wildman–Crippen LogP) is 1.69. The molecule has 0 radical (unpaired) electrons. The molecular weight excluding hydrogens is 610 g/mol. The zero-order valence-electron chi connectivity index (χ0n) is 28.3. The summed E-state index contributed by atoms with van der Waals surface area (Å²) in [5.41, 5.74) is -3.89. The molecule has 4 unspecified atom stereocenters. The minimum atomic E-state index is -1.58. The van der Waals surface area contributed by atoms with E-state index in [0.29, 0.717) is 37.4 Å². The van der Waals surface area contributed by atoms with Crippen LogP contribution in [0.4, 0.5) is 0 Å². The fourth-order valence-electron chi connectivity index (χ4n) is 12.4. The monoisotopic (exact) mass is 659 g/mol. The number of hydrogen-bond donors (Lipinski definition) is 2. The molecule has 0 amide bonds. The lowest BCUT2D eigenvalue weighted by Crippen LogP contribution is -2.79. The summed E-state index contributed by atoms with van der Waals surface area (Å²) in [6.45, 7) is 5.04. The van der Waals surface area contributed by atoms with Crippen molar-refractivity contribution in [2.45, 2.75) is 80.9 Å². The normalized spacial score (nSPS) is 47.4. The van der Waals surface area contributed by atoms with E-state index in [2.05, 4.69) is 11.8 Å². The maximum Gasteiger partial charge on any atom is 0.338 e. The molecular formula is C35H49NO11. The van der Waals surface area contributed by atoms with Crippen molar-refractivity contribution in [1.29, 1.82) is 0 Å². The van der Waals surface area contributed by atoms with Gasteiger partial charge in [0.25, 0.3) is 0 Å². The van der Waals surface area contributed by atoms with E-state index in [0.717, 1.165) is 0 Å². The number of esters is 2. The number of carbonyl (C=O) groups excluding carboxylic acids is 2. The van der Waals surface area contributed by atoms with Crippen LogP contribution in [0, 0.1) is 34.5 Å². The number of likely N-dealkylation sites (tertiary alicyclic amines) is 1. The first-order valence-electron chi connectivity index (χ1n) is 16.7. The average Bonchev–Trinajstić information content (AvgIpc) is 3.43. The van der Waals surface area contributed by atoms with Crippen LogP contribution >= 0.6 is 0 Å². The average molecular weight is 660 g/mol. The molecule has 12 heteroatoms. The van der Waals surface area contributed by atoms with Crippen LogP contribution in [0.25, 0.3) is 0 Å². The minimum Gasteiger partial charge on any atom is -0.497 e. The van der Waals surface area contributed by atoms with Gasteiger partial charge in [0.2, 0.25) is 0 Å². The van der Waals surface area contributed by atoms with Crippen molar-refractivity contribution in [1.82, 2.24) is 4.90 Å². The first-order chi connectivity index (χ1) is 22.5. The van der Waals surface area contributed by atoms with Gasteiger partial charge in [0, 0.05) is 89.4 Å². The van der Waals surface area contributed by atoms with Gasteiger partial charge in [-0.25, -0.2) is 4.79 Å². The lowest BCUT2D eigenvalue weighted by Gasteiger charge is -2.70. The van der Waals surface area contributed by atoms with Crippen molar-refractivity contribution in [2.75, 3.05) is 55.2 Å². The van der Waals surface area contributed by atoms with Gasteiger partial charge in [-0.1, -0.05) is 6.92 Å². The Kier molecular flexibility index (Phi) is 8.02. The first kappa shape index (κ1) is 33.2. The quantitative estimate of drug-likeness (QED) is 0.353. The highest BCUT2D eigenvalue weighted by atomic mass is 16.6. The molecule has 7 bridgehead atoms. The lowest BCUT2D eigenvalue weighted by atomic mass is 9.42. The number of methoxy groups -OCH3 is 5. The second kappa shape index (κ2) is 11.4. The summed E-state index contributed by atoms with van der Waals surface area (Å²) in [5, 5.41) is 24.8. The van der Waals surface area contributed by atoms with Crippen molar-refractivity contribution < 1.29 is 53.0 Å². The van der Waals surface area contributed by atoms with Crippen LogP contribution in [0.1, 0.15) is 43.5 Å². The van der Waals surface area contributed by atoms with Crippen molar-refractivity contribution in [2.24, 2.45) is 34.5 Å². The molecule has 7 rings (SSSR count). The highest BCUT2D eigenvalue weighted by Crippen LogP contribution is 2.80. The number of rotatable bonds is 10. The Hall–Kier alpha value is -2.32. The summed E-state index contributed by atoms with van der Waals surface area (Å²) in [4.78, 5) is 29.5. The molecule has 1 saturated heterocycles. The van der Waals surface area contributed by atoms with Crippen LogP contribution in [0.15, 0.2) is 24.3 Å². The molecule has 2 N–H and O–H groups in total. The van der Waals surface area contributed by atoms with Gasteiger partial charge in [-0.2, -0.15) is 0 Å². The van der Waals surface area contributed by atoms with Crippen LogP contribution < -0.4 is 4.74 Å². The van der Waals surface area contributed by atoms with E-state index < -0.39 is 76.3 Å². The lowest BCUT2D eigenvalue weighted by molar-refractivity contribution is -0.300. The molecule has 6 aliphatic rings. The molecule has 260 valence electrons. The zero-order valence-corrected chi connectivity index (χ0v) is 28.3. The molecule has 12 nitrogen and oxygen atoms in total. The van der Waals surface area contributed by atoms with Gasteiger partial charge in [0.05, 0.1) is 43.7 Å². The van der Waals surface area contributed by atoms with Crippen LogP contribution in [0.3, 0.4) is 0 Å². The van der Waals surface area contributed by atoms with Crippen LogP contribution in [0.2, 0.25) is 0 Å². The fraction of sp³-hybridized carbons (Fsp3) is 0.771. The van der Waals surface area contributed by atoms with Gasteiger partial charge < -0.3 is 43.4 Å². The summed E-state index contributed by atoms with van der Waals surface area (Å²) in [5.74, 6) is -2.10. The Bertz CT molecular complexity index is 1390. The second-order valence-corrected chi connectivity index (χ2v) is 14.7. The van der Waals surface area contributed by atoms with Crippen molar-refractivity contribution in [3.05, 3.63) is 29.8 Å². The Morgan fingerprint density at radius 2 is 1.68 bits per heavy atom. The van der Waals surface area contributed by atoms with Gasteiger partial charge in [-0.3, -0.25) is 9.69 Å². The number of benzene rings is 1.